The molecule has 0 saturated heterocycles. The number of rotatable bonds is 5. The summed E-state index contributed by atoms with van der Waals surface area (Å²) in [5.74, 6) is -0.494. The van der Waals surface area contributed by atoms with Crippen molar-refractivity contribution in [3.63, 3.8) is 0 Å². The van der Waals surface area contributed by atoms with E-state index in [4.69, 9.17) is 0 Å². The Morgan fingerprint density at radius 1 is 1.33 bits per heavy atom. The van der Waals surface area contributed by atoms with Crippen LogP contribution in [0, 0.1) is 5.82 Å². The lowest BCUT2D eigenvalue weighted by Gasteiger charge is -2.20. The lowest BCUT2D eigenvalue weighted by molar-refractivity contribution is -0.136. The molecule has 1 rings (SSSR count). The molecule has 0 heterocycles. The van der Waals surface area contributed by atoms with Crippen molar-refractivity contribution in [2.24, 2.45) is 0 Å². The second-order valence-corrected chi connectivity index (χ2v) is 4.85. The SMILES string of the molecule is CCNC(CCC(F)(F)F)c1cc(Br)ccc1F. The number of alkyl halides is 3. The summed E-state index contributed by atoms with van der Waals surface area (Å²) in [6, 6.07) is 3.65. The molecule has 0 fully saturated rings. The third kappa shape index (κ3) is 4.94. The first-order valence-corrected chi connectivity index (χ1v) is 6.38. The van der Waals surface area contributed by atoms with Gasteiger partial charge >= 0.3 is 6.18 Å². The van der Waals surface area contributed by atoms with E-state index >= 15 is 0 Å². The maximum Gasteiger partial charge on any atom is 0.389 e. The van der Waals surface area contributed by atoms with Crippen molar-refractivity contribution in [2.45, 2.75) is 32.0 Å². The molecule has 0 aliphatic carbocycles. The molecule has 6 heteroatoms. The number of halogens is 5. The predicted octanol–water partition coefficient (Wildman–Crippen LogP) is 4.58. The zero-order chi connectivity index (χ0) is 13.8. The highest BCUT2D eigenvalue weighted by Gasteiger charge is 2.29. The van der Waals surface area contributed by atoms with E-state index in [2.05, 4.69) is 21.2 Å². The molecule has 0 radical (unpaired) electrons. The van der Waals surface area contributed by atoms with Gasteiger partial charge in [-0.2, -0.15) is 13.2 Å². The molecule has 0 aromatic heterocycles. The average Bonchev–Trinajstić information content (AvgIpc) is 2.26. The minimum Gasteiger partial charge on any atom is -0.310 e. The zero-order valence-corrected chi connectivity index (χ0v) is 11.4. The van der Waals surface area contributed by atoms with E-state index < -0.39 is 24.5 Å². The first-order chi connectivity index (χ1) is 8.33. The normalized spacial score (nSPS) is 13.7. The van der Waals surface area contributed by atoms with Crippen molar-refractivity contribution < 1.29 is 17.6 Å². The number of hydrogen-bond donors (Lipinski definition) is 1. The lowest BCUT2D eigenvalue weighted by Crippen LogP contribution is -2.24. The molecule has 0 bridgehead atoms. The van der Waals surface area contributed by atoms with E-state index in [1.54, 1.807) is 6.92 Å². The molecule has 0 aliphatic rings. The molecule has 18 heavy (non-hydrogen) atoms. The largest absolute Gasteiger partial charge is 0.389 e. The fourth-order valence-electron chi connectivity index (χ4n) is 1.70. The van der Waals surface area contributed by atoms with Crippen LogP contribution in [0.25, 0.3) is 0 Å². The zero-order valence-electron chi connectivity index (χ0n) is 9.82. The molecule has 1 aromatic carbocycles. The van der Waals surface area contributed by atoms with Gasteiger partial charge in [-0.15, -0.1) is 0 Å². The van der Waals surface area contributed by atoms with Crippen LogP contribution < -0.4 is 5.32 Å². The first kappa shape index (κ1) is 15.4. The highest BCUT2D eigenvalue weighted by Crippen LogP contribution is 2.30. The van der Waals surface area contributed by atoms with Gasteiger partial charge in [0.15, 0.2) is 0 Å². The molecule has 1 N–H and O–H groups in total. The molecule has 1 atom stereocenters. The standard InChI is InChI=1S/C12H14BrF4N/c1-2-18-11(5-6-12(15,16)17)9-7-8(13)3-4-10(9)14/h3-4,7,11,18H,2,5-6H2,1H3. The summed E-state index contributed by atoms with van der Waals surface area (Å²) in [4.78, 5) is 0. The number of nitrogens with one attached hydrogen (secondary N) is 1. The van der Waals surface area contributed by atoms with Crippen molar-refractivity contribution >= 4 is 15.9 Å². The van der Waals surface area contributed by atoms with E-state index in [0.717, 1.165) is 0 Å². The van der Waals surface area contributed by atoms with Crippen LogP contribution in [0.1, 0.15) is 31.4 Å². The summed E-state index contributed by atoms with van der Waals surface area (Å²) in [7, 11) is 0. The van der Waals surface area contributed by atoms with Crippen molar-refractivity contribution in [3.8, 4) is 0 Å². The third-order valence-electron chi connectivity index (χ3n) is 2.50. The molecule has 102 valence electrons. The van der Waals surface area contributed by atoms with Gasteiger partial charge in [0, 0.05) is 22.5 Å². The van der Waals surface area contributed by atoms with Crippen LogP contribution in [0.3, 0.4) is 0 Å². The summed E-state index contributed by atoms with van der Waals surface area (Å²) >= 11 is 3.19. The van der Waals surface area contributed by atoms with Gasteiger partial charge in [0.25, 0.3) is 0 Å². The van der Waals surface area contributed by atoms with Gasteiger partial charge in [0.1, 0.15) is 5.82 Å². The topological polar surface area (TPSA) is 12.0 Å². The third-order valence-corrected chi connectivity index (χ3v) is 2.99. The highest BCUT2D eigenvalue weighted by molar-refractivity contribution is 9.10. The Morgan fingerprint density at radius 3 is 2.56 bits per heavy atom. The van der Waals surface area contributed by atoms with Gasteiger partial charge in [-0.05, 0) is 31.2 Å². The second kappa shape index (κ2) is 6.52. The van der Waals surface area contributed by atoms with E-state index in [9.17, 15) is 17.6 Å². The van der Waals surface area contributed by atoms with Crippen LogP contribution in [-0.2, 0) is 0 Å². The maximum absolute atomic E-state index is 13.6. The average molecular weight is 328 g/mol. The van der Waals surface area contributed by atoms with Crippen molar-refractivity contribution in [1.29, 1.82) is 0 Å². The van der Waals surface area contributed by atoms with Crippen LogP contribution in [0.2, 0.25) is 0 Å². The molecule has 0 aliphatic heterocycles. The van der Waals surface area contributed by atoms with Crippen LogP contribution in [0.4, 0.5) is 17.6 Å². The number of hydrogen-bond acceptors (Lipinski definition) is 1. The molecule has 0 amide bonds. The van der Waals surface area contributed by atoms with Gasteiger partial charge in [-0.1, -0.05) is 22.9 Å². The summed E-state index contributed by atoms with van der Waals surface area (Å²) in [5, 5.41) is 2.88. The lowest BCUT2D eigenvalue weighted by atomic mass is 10.0. The maximum atomic E-state index is 13.6. The first-order valence-electron chi connectivity index (χ1n) is 5.58. The summed E-state index contributed by atoms with van der Waals surface area (Å²) in [6.07, 6.45) is -5.34. The summed E-state index contributed by atoms with van der Waals surface area (Å²) in [6.45, 7) is 2.25. The molecule has 1 unspecified atom stereocenters. The van der Waals surface area contributed by atoms with E-state index in [1.807, 2.05) is 0 Å². The van der Waals surface area contributed by atoms with E-state index in [0.29, 0.717) is 11.0 Å². The Morgan fingerprint density at radius 2 is 2.00 bits per heavy atom. The molecule has 1 nitrogen and oxygen atoms in total. The molecule has 0 spiro atoms. The fraction of sp³-hybridized carbons (Fsp3) is 0.500. The van der Waals surface area contributed by atoms with Gasteiger partial charge in [-0.3, -0.25) is 0 Å². The van der Waals surface area contributed by atoms with Crippen LogP contribution in [0.15, 0.2) is 22.7 Å². The molecule has 1 aromatic rings. The Hall–Kier alpha value is -0.620. The molecular weight excluding hydrogens is 314 g/mol. The van der Waals surface area contributed by atoms with Gasteiger partial charge < -0.3 is 5.32 Å². The smallest absolute Gasteiger partial charge is 0.310 e. The van der Waals surface area contributed by atoms with Crippen molar-refractivity contribution in [1.82, 2.24) is 5.32 Å². The van der Waals surface area contributed by atoms with E-state index in [-0.39, 0.29) is 12.0 Å². The van der Waals surface area contributed by atoms with Gasteiger partial charge in [0.05, 0.1) is 0 Å². The second-order valence-electron chi connectivity index (χ2n) is 3.93. The summed E-state index contributed by atoms with van der Waals surface area (Å²) < 4.78 is 50.9. The highest BCUT2D eigenvalue weighted by atomic mass is 79.9. The van der Waals surface area contributed by atoms with Crippen molar-refractivity contribution in [3.05, 3.63) is 34.1 Å². The van der Waals surface area contributed by atoms with Crippen LogP contribution in [-0.4, -0.2) is 12.7 Å². The van der Waals surface area contributed by atoms with Crippen molar-refractivity contribution in [2.75, 3.05) is 6.54 Å². The fourth-order valence-corrected chi connectivity index (χ4v) is 2.08. The van der Waals surface area contributed by atoms with E-state index in [1.165, 1.54) is 18.2 Å². The Balaban J connectivity index is 2.86. The Labute approximate surface area is 112 Å². The monoisotopic (exact) mass is 327 g/mol. The Kier molecular flexibility index (Phi) is 5.59. The van der Waals surface area contributed by atoms with Crippen LogP contribution in [0.5, 0.6) is 0 Å². The minimum absolute atomic E-state index is 0.176. The number of benzene rings is 1. The summed E-state index contributed by atoms with van der Waals surface area (Å²) in [5.41, 5.74) is 0.260. The Bertz CT molecular complexity index is 392. The molecular formula is C12H14BrF4N. The quantitative estimate of drug-likeness (QED) is 0.780. The molecule has 0 saturated carbocycles. The predicted molar refractivity (Wildman–Crippen MR) is 65.8 cm³/mol. The van der Waals surface area contributed by atoms with Gasteiger partial charge in [-0.25, -0.2) is 4.39 Å². The van der Waals surface area contributed by atoms with Crippen LogP contribution >= 0.6 is 15.9 Å². The van der Waals surface area contributed by atoms with Gasteiger partial charge in [0.2, 0.25) is 0 Å². The minimum atomic E-state index is -4.23.